The second-order valence-corrected chi connectivity index (χ2v) is 7.94. The summed E-state index contributed by atoms with van der Waals surface area (Å²) in [6, 6.07) is 9.14. The third-order valence-electron chi connectivity index (χ3n) is 6.06. The van der Waals surface area contributed by atoms with Crippen molar-refractivity contribution in [2.75, 3.05) is 27.7 Å². The summed E-state index contributed by atoms with van der Waals surface area (Å²) in [6.45, 7) is 0.511. The van der Waals surface area contributed by atoms with Crippen LogP contribution in [-0.2, 0) is 11.3 Å². The Balaban J connectivity index is 1.57. The maximum atomic E-state index is 10.8. The number of aliphatic carboxylic acids is 1. The van der Waals surface area contributed by atoms with Crippen LogP contribution in [-0.4, -0.2) is 60.7 Å². The van der Waals surface area contributed by atoms with Gasteiger partial charge in [0, 0.05) is 24.2 Å². The molecule has 0 heterocycles. The first kappa shape index (κ1) is 18.2. The molecule has 1 aromatic carbocycles. The molecule has 0 spiro atoms. The number of carboxylic acid groups (broad SMARTS) is 1. The van der Waals surface area contributed by atoms with Crippen LogP contribution in [0.1, 0.15) is 31.2 Å². The first-order valence-corrected chi connectivity index (χ1v) is 9.23. The predicted octanol–water partition coefficient (Wildman–Crippen LogP) is 2.70. The number of hydrogen-bond donors (Lipinski definition) is 1. The van der Waals surface area contributed by atoms with Gasteiger partial charge in [-0.1, -0.05) is 18.2 Å². The number of carbonyl (C=O) groups is 1. The summed E-state index contributed by atoms with van der Waals surface area (Å²) in [6.07, 6.45) is 5.23. The van der Waals surface area contributed by atoms with E-state index >= 15 is 0 Å². The Morgan fingerprint density at radius 3 is 2.28 bits per heavy atom. The van der Waals surface area contributed by atoms with Gasteiger partial charge in [-0.05, 0) is 64.7 Å². The molecule has 2 saturated carbocycles. The minimum absolute atomic E-state index is 0.291. The van der Waals surface area contributed by atoms with Crippen LogP contribution in [0, 0.1) is 11.8 Å². The molecule has 0 amide bonds. The van der Waals surface area contributed by atoms with Crippen LogP contribution < -0.4 is 4.74 Å². The lowest BCUT2D eigenvalue weighted by molar-refractivity contribution is -0.139. The van der Waals surface area contributed by atoms with Gasteiger partial charge in [0.1, 0.15) is 5.75 Å². The third kappa shape index (κ3) is 4.33. The fraction of sp³-hybridized carbons (Fsp3) is 0.650. The molecule has 3 rings (SSSR count). The molecule has 5 heteroatoms. The standard InChI is InChI=1S/C20H30N2O3/c1-21(2)17-8-15-10-18(11-16(15)9-17)22(3)12-14-6-4-5-7-19(14)25-13-20(23)24/h4-7,15-18H,8-13H2,1-3H3,(H,23,24)/t15-,16+,17?,18?. The molecule has 2 unspecified atom stereocenters. The summed E-state index contributed by atoms with van der Waals surface area (Å²) in [4.78, 5) is 15.6. The van der Waals surface area contributed by atoms with E-state index in [0.717, 1.165) is 30.0 Å². The molecule has 0 aliphatic heterocycles. The van der Waals surface area contributed by atoms with Gasteiger partial charge in [0.25, 0.3) is 0 Å². The second kappa shape index (κ2) is 7.75. The molecule has 0 aromatic heterocycles. The fourth-order valence-electron chi connectivity index (χ4n) is 4.65. The number of hydrogen-bond acceptors (Lipinski definition) is 4. The number of fused-ring (bicyclic) bond motifs is 1. The zero-order valence-corrected chi connectivity index (χ0v) is 15.5. The molecule has 0 radical (unpaired) electrons. The monoisotopic (exact) mass is 346 g/mol. The van der Waals surface area contributed by atoms with E-state index in [1.165, 1.54) is 25.7 Å². The molecule has 5 nitrogen and oxygen atoms in total. The number of ether oxygens (including phenoxy) is 1. The first-order chi connectivity index (χ1) is 11.9. The van der Waals surface area contributed by atoms with Crippen LogP contribution in [0.5, 0.6) is 5.75 Å². The van der Waals surface area contributed by atoms with Gasteiger partial charge < -0.3 is 14.7 Å². The summed E-state index contributed by atoms with van der Waals surface area (Å²) in [7, 11) is 6.58. The molecule has 2 fully saturated rings. The molecule has 1 N–H and O–H groups in total. The van der Waals surface area contributed by atoms with Crippen LogP contribution in [0.3, 0.4) is 0 Å². The van der Waals surface area contributed by atoms with Crippen molar-refractivity contribution in [3.05, 3.63) is 29.8 Å². The van der Waals surface area contributed by atoms with Crippen molar-refractivity contribution in [1.29, 1.82) is 0 Å². The Morgan fingerprint density at radius 2 is 1.68 bits per heavy atom. The quantitative estimate of drug-likeness (QED) is 0.823. The molecular formula is C20H30N2O3. The molecule has 25 heavy (non-hydrogen) atoms. The Hall–Kier alpha value is -1.59. The maximum Gasteiger partial charge on any atom is 0.341 e. The van der Waals surface area contributed by atoms with Crippen molar-refractivity contribution < 1.29 is 14.6 Å². The maximum absolute atomic E-state index is 10.8. The number of carboxylic acids is 1. The zero-order valence-electron chi connectivity index (χ0n) is 15.5. The average molecular weight is 346 g/mol. The highest BCUT2D eigenvalue weighted by molar-refractivity contribution is 5.68. The van der Waals surface area contributed by atoms with E-state index in [1.807, 2.05) is 24.3 Å². The van der Waals surface area contributed by atoms with Crippen LogP contribution in [0.15, 0.2) is 24.3 Å². The van der Waals surface area contributed by atoms with E-state index in [9.17, 15) is 4.79 Å². The molecule has 138 valence electrons. The minimum atomic E-state index is -0.942. The Bertz CT molecular complexity index is 590. The highest BCUT2D eigenvalue weighted by Crippen LogP contribution is 2.46. The summed E-state index contributed by atoms with van der Waals surface area (Å²) >= 11 is 0. The average Bonchev–Trinajstić information content (AvgIpc) is 3.12. The van der Waals surface area contributed by atoms with Crippen molar-refractivity contribution >= 4 is 5.97 Å². The minimum Gasteiger partial charge on any atom is -0.482 e. The number of rotatable bonds is 7. The van der Waals surface area contributed by atoms with Gasteiger partial charge in [0.05, 0.1) is 0 Å². The molecule has 1 aromatic rings. The number of para-hydroxylation sites is 1. The highest BCUT2D eigenvalue weighted by Gasteiger charge is 2.43. The molecule has 0 bridgehead atoms. The van der Waals surface area contributed by atoms with Crippen molar-refractivity contribution in [3.8, 4) is 5.75 Å². The topological polar surface area (TPSA) is 53.0 Å². The highest BCUT2D eigenvalue weighted by atomic mass is 16.5. The van der Waals surface area contributed by atoms with Crippen molar-refractivity contribution in [1.82, 2.24) is 9.80 Å². The lowest BCUT2D eigenvalue weighted by Crippen LogP contribution is -2.31. The van der Waals surface area contributed by atoms with Crippen LogP contribution in [0.4, 0.5) is 0 Å². The van der Waals surface area contributed by atoms with Gasteiger partial charge in [-0.3, -0.25) is 4.90 Å². The van der Waals surface area contributed by atoms with Crippen LogP contribution in [0.25, 0.3) is 0 Å². The van der Waals surface area contributed by atoms with E-state index in [0.29, 0.717) is 11.8 Å². The molecule has 4 atom stereocenters. The zero-order chi connectivity index (χ0) is 18.0. The molecule has 0 saturated heterocycles. The van der Waals surface area contributed by atoms with Gasteiger partial charge in [0.15, 0.2) is 6.61 Å². The summed E-state index contributed by atoms with van der Waals surface area (Å²) < 4.78 is 5.45. The predicted molar refractivity (Wildman–Crippen MR) is 97.8 cm³/mol. The van der Waals surface area contributed by atoms with Gasteiger partial charge in [-0.2, -0.15) is 0 Å². The Labute approximate surface area is 150 Å². The molecule has 2 aliphatic rings. The fourth-order valence-corrected chi connectivity index (χ4v) is 4.65. The van der Waals surface area contributed by atoms with Gasteiger partial charge >= 0.3 is 5.97 Å². The molecular weight excluding hydrogens is 316 g/mol. The van der Waals surface area contributed by atoms with E-state index in [2.05, 4.69) is 30.9 Å². The summed E-state index contributed by atoms with van der Waals surface area (Å²) in [5.41, 5.74) is 1.06. The number of benzene rings is 1. The van der Waals surface area contributed by atoms with E-state index in [1.54, 1.807) is 0 Å². The normalized spacial score (nSPS) is 28.5. The van der Waals surface area contributed by atoms with Crippen molar-refractivity contribution in [2.45, 2.75) is 44.3 Å². The second-order valence-electron chi connectivity index (χ2n) is 7.94. The lowest BCUT2D eigenvalue weighted by Gasteiger charge is -2.27. The largest absolute Gasteiger partial charge is 0.482 e. The Morgan fingerprint density at radius 1 is 1.08 bits per heavy atom. The summed E-state index contributed by atoms with van der Waals surface area (Å²) in [5.74, 6) is 1.46. The SMILES string of the molecule is CN(C)C1C[C@@H]2CC(N(C)Cc3ccccc3OCC(=O)O)C[C@@H]2C1. The smallest absolute Gasteiger partial charge is 0.341 e. The van der Waals surface area contributed by atoms with Crippen molar-refractivity contribution in [3.63, 3.8) is 0 Å². The Kier molecular flexibility index (Phi) is 5.64. The summed E-state index contributed by atoms with van der Waals surface area (Å²) in [5, 5.41) is 8.83. The first-order valence-electron chi connectivity index (χ1n) is 9.23. The van der Waals surface area contributed by atoms with Crippen LogP contribution >= 0.6 is 0 Å². The molecule has 2 aliphatic carbocycles. The lowest BCUT2D eigenvalue weighted by atomic mass is 10.0. The van der Waals surface area contributed by atoms with Gasteiger partial charge in [-0.15, -0.1) is 0 Å². The number of nitrogens with zero attached hydrogens (tertiary/aromatic N) is 2. The van der Waals surface area contributed by atoms with Crippen molar-refractivity contribution in [2.24, 2.45) is 11.8 Å². The van der Waals surface area contributed by atoms with Crippen LogP contribution in [0.2, 0.25) is 0 Å². The van der Waals surface area contributed by atoms with Gasteiger partial charge in [-0.25, -0.2) is 4.79 Å². The van der Waals surface area contributed by atoms with Gasteiger partial charge in [0.2, 0.25) is 0 Å². The van der Waals surface area contributed by atoms with E-state index in [4.69, 9.17) is 9.84 Å². The third-order valence-corrected chi connectivity index (χ3v) is 6.06. The van der Waals surface area contributed by atoms with E-state index in [-0.39, 0.29) is 6.61 Å². The van der Waals surface area contributed by atoms with E-state index < -0.39 is 5.97 Å².